The Kier molecular flexibility index (Phi) is 6.52. The van der Waals surface area contributed by atoms with Gasteiger partial charge in [-0.25, -0.2) is 19.6 Å². The summed E-state index contributed by atoms with van der Waals surface area (Å²) in [5.41, 5.74) is 0.598. The van der Waals surface area contributed by atoms with Crippen LogP contribution >= 0.6 is 0 Å². The molecular weight excluding hydrogens is 411 g/mol. The zero-order valence-corrected chi connectivity index (χ0v) is 17.3. The lowest BCUT2D eigenvalue weighted by Gasteiger charge is -2.28. The molecule has 0 saturated heterocycles. The van der Waals surface area contributed by atoms with E-state index in [9.17, 15) is 18.0 Å². The van der Waals surface area contributed by atoms with E-state index in [1.165, 1.54) is 0 Å². The van der Waals surface area contributed by atoms with Gasteiger partial charge in [0.05, 0.1) is 11.3 Å². The summed E-state index contributed by atoms with van der Waals surface area (Å²) < 4.78 is 39.5. The number of halogens is 3. The first-order chi connectivity index (χ1) is 14.7. The van der Waals surface area contributed by atoms with E-state index < -0.39 is 11.7 Å². The average Bonchev–Trinajstić information content (AvgIpc) is 3.27. The molecule has 3 rings (SSSR count). The lowest BCUT2D eigenvalue weighted by atomic mass is 10.2. The minimum absolute atomic E-state index is 0.0502. The van der Waals surface area contributed by atoms with E-state index in [2.05, 4.69) is 25.4 Å². The fourth-order valence-corrected chi connectivity index (χ4v) is 3.01. The van der Waals surface area contributed by atoms with Gasteiger partial charge in [0.25, 0.3) is 5.91 Å². The highest BCUT2D eigenvalue weighted by atomic mass is 19.4. The molecular formula is C20H22F3N7O. The van der Waals surface area contributed by atoms with Crippen molar-refractivity contribution < 1.29 is 18.0 Å². The Bertz CT molecular complexity index is 1020. The molecule has 3 aromatic rings. The average molecular weight is 433 g/mol. The fraction of sp³-hybridized carbons (Fsp3) is 0.350. The SMILES string of the molecule is CCN(C(=O)c1nc(C)ccc1-n1cccn1)[C@@H](C)CNc1ncc(C(F)(F)F)cn1. The summed E-state index contributed by atoms with van der Waals surface area (Å²) in [5, 5.41) is 7.06. The highest BCUT2D eigenvalue weighted by Gasteiger charge is 2.31. The van der Waals surface area contributed by atoms with E-state index in [0.29, 0.717) is 17.9 Å². The summed E-state index contributed by atoms with van der Waals surface area (Å²) in [6.45, 7) is 6.11. The molecule has 11 heteroatoms. The van der Waals surface area contributed by atoms with Crippen LogP contribution in [0, 0.1) is 6.92 Å². The minimum atomic E-state index is -4.50. The molecule has 0 spiro atoms. The number of nitrogens with one attached hydrogen (secondary N) is 1. The Balaban J connectivity index is 1.74. The Morgan fingerprint density at radius 1 is 1.26 bits per heavy atom. The summed E-state index contributed by atoms with van der Waals surface area (Å²) in [6.07, 6.45) is 0.282. The second kappa shape index (κ2) is 9.11. The van der Waals surface area contributed by atoms with Crippen molar-refractivity contribution >= 4 is 11.9 Å². The maximum Gasteiger partial charge on any atom is 0.419 e. The molecule has 0 aliphatic rings. The normalized spacial score (nSPS) is 12.5. The zero-order chi connectivity index (χ0) is 22.6. The summed E-state index contributed by atoms with van der Waals surface area (Å²) in [7, 11) is 0. The lowest BCUT2D eigenvalue weighted by molar-refractivity contribution is -0.138. The van der Waals surface area contributed by atoms with E-state index in [0.717, 1.165) is 12.4 Å². The Morgan fingerprint density at radius 2 is 1.97 bits per heavy atom. The largest absolute Gasteiger partial charge is 0.419 e. The van der Waals surface area contributed by atoms with Crippen LogP contribution < -0.4 is 5.32 Å². The first-order valence-corrected chi connectivity index (χ1v) is 9.62. The molecule has 164 valence electrons. The third-order valence-electron chi connectivity index (χ3n) is 4.64. The first-order valence-electron chi connectivity index (χ1n) is 9.62. The number of hydrogen-bond acceptors (Lipinski definition) is 6. The molecule has 0 radical (unpaired) electrons. The van der Waals surface area contributed by atoms with Crippen LogP contribution in [-0.2, 0) is 6.18 Å². The third-order valence-corrected chi connectivity index (χ3v) is 4.64. The molecule has 0 saturated carbocycles. The van der Waals surface area contributed by atoms with Gasteiger partial charge in [-0.15, -0.1) is 0 Å². The molecule has 3 heterocycles. The van der Waals surface area contributed by atoms with E-state index in [-0.39, 0.29) is 30.1 Å². The van der Waals surface area contributed by atoms with Crippen molar-refractivity contribution in [2.24, 2.45) is 0 Å². The van der Waals surface area contributed by atoms with Crippen LogP contribution in [0.15, 0.2) is 43.0 Å². The predicted octanol–water partition coefficient (Wildman–Crippen LogP) is 3.35. The number of nitrogens with zero attached hydrogens (tertiary/aromatic N) is 6. The third kappa shape index (κ3) is 5.16. The molecule has 8 nitrogen and oxygen atoms in total. The molecule has 0 fully saturated rings. The van der Waals surface area contributed by atoms with Crippen molar-refractivity contribution in [3.63, 3.8) is 0 Å². The van der Waals surface area contributed by atoms with E-state index in [1.807, 2.05) is 13.8 Å². The molecule has 1 atom stereocenters. The standard InChI is InChI=1S/C20H22F3N7O/c1-4-29(14(3)10-24-19-25-11-15(12-26-19)20(21,22)23)18(31)17-16(7-6-13(2)28-17)30-9-5-8-27-30/h5-9,11-12,14H,4,10H2,1-3H3,(H,24,25,26)/t14-/m0/s1. The molecule has 0 aliphatic carbocycles. The Hall–Kier alpha value is -3.50. The number of anilines is 1. The number of carbonyl (C=O) groups is 1. The summed E-state index contributed by atoms with van der Waals surface area (Å²) in [4.78, 5) is 26.7. The summed E-state index contributed by atoms with van der Waals surface area (Å²) >= 11 is 0. The smallest absolute Gasteiger partial charge is 0.352 e. The van der Waals surface area contributed by atoms with Gasteiger partial charge >= 0.3 is 6.18 Å². The van der Waals surface area contributed by atoms with Crippen LogP contribution in [-0.4, -0.2) is 54.7 Å². The van der Waals surface area contributed by atoms with Gasteiger partial charge in [-0.3, -0.25) is 4.79 Å². The monoisotopic (exact) mass is 433 g/mol. The summed E-state index contributed by atoms with van der Waals surface area (Å²) in [6, 6.07) is 5.03. The van der Waals surface area contributed by atoms with Crippen molar-refractivity contribution in [2.75, 3.05) is 18.4 Å². The van der Waals surface area contributed by atoms with Gasteiger partial charge in [0.15, 0.2) is 5.69 Å². The Morgan fingerprint density at radius 3 is 2.55 bits per heavy atom. The van der Waals surface area contributed by atoms with Crippen molar-refractivity contribution in [2.45, 2.75) is 33.0 Å². The van der Waals surface area contributed by atoms with Gasteiger partial charge in [0.2, 0.25) is 5.95 Å². The maximum absolute atomic E-state index is 13.3. The number of carbonyl (C=O) groups excluding carboxylic acids is 1. The van der Waals surface area contributed by atoms with Crippen molar-refractivity contribution in [3.8, 4) is 5.69 Å². The number of hydrogen-bond donors (Lipinski definition) is 1. The number of likely N-dealkylation sites (N-methyl/N-ethyl adjacent to an activating group) is 1. The highest BCUT2D eigenvalue weighted by molar-refractivity contribution is 5.96. The maximum atomic E-state index is 13.3. The van der Waals surface area contributed by atoms with Crippen molar-refractivity contribution in [1.29, 1.82) is 0 Å². The minimum Gasteiger partial charge on any atom is -0.352 e. The topological polar surface area (TPSA) is 88.8 Å². The molecule has 1 amide bonds. The number of amides is 1. The van der Waals surface area contributed by atoms with Crippen LogP contribution in [0.2, 0.25) is 0 Å². The summed E-state index contributed by atoms with van der Waals surface area (Å²) in [5.74, 6) is -0.228. The quantitative estimate of drug-likeness (QED) is 0.615. The van der Waals surface area contributed by atoms with Crippen molar-refractivity contribution in [1.82, 2.24) is 29.6 Å². The fourth-order valence-electron chi connectivity index (χ4n) is 3.01. The van der Waals surface area contributed by atoms with E-state index in [4.69, 9.17) is 0 Å². The number of aryl methyl sites for hydroxylation is 1. The first kappa shape index (κ1) is 22.2. The van der Waals surface area contributed by atoms with Crippen LogP contribution in [0.4, 0.5) is 19.1 Å². The second-order valence-corrected chi connectivity index (χ2v) is 6.89. The van der Waals surface area contributed by atoms with Gasteiger partial charge in [0, 0.05) is 49.6 Å². The van der Waals surface area contributed by atoms with E-state index >= 15 is 0 Å². The molecule has 3 aromatic heterocycles. The number of alkyl halides is 3. The van der Waals surface area contributed by atoms with Gasteiger partial charge < -0.3 is 10.2 Å². The van der Waals surface area contributed by atoms with Crippen LogP contribution in [0.5, 0.6) is 0 Å². The van der Waals surface area contributed by atoms with Crippen molar-refractivity contribution in [3.05, 3.63) is 59.9 Å². The van der Waals surface area contributed by atoms with E-state index in [1.54, 1.807) is 47.1 Å². The van der Waals surface area contributed by atoms with Crippen LogP contribution in [0.1, 0.15) is 35.6 Å². The van der Waals surface area contributed by atoms with Gasteiger partial charge in [-0.1, -0.05) is 0 Å². The van der Waals surface area contributed by atoms with Gasteiger partial charge in [0.1, 0.15) is 0 Å². The molecule has 0 bridgehead atoms. The zero-order valence-electron chi connectivity index (χ0n) is 17.3. The second-order valence-electron chi connectivity index (χ2n) is 6.89. The Labute approximate surface area is 177 Å². The molecule has 31 heavy (non-hydrogen) atoms. The number of rotatable bonds is 7. The molecule has 0 aromatic carbocycles. The molecule has 0 unspecified atom stereocenters. The number of aromatic nitrogens is 5. The predicted molar refractivity (Wildman–Crippen MR) is 108 cm³/mol. The highest BCUT2D eigenvalue weighted by Crippen LogP contribution is 2.28. The molecule has 0 aliphatic heterocycles. The van der Waals surface area contributed by atoms with Gasteiger partial charge in [-0.2, -0.15) is 18.3 Å². The van der Waals surface area contributed by atoms with Crippen LogP contribution in [0.3, 0.4) is 0 Å². The lowest BCUT2D eigenvalue weighted by Crippen LogP contribution is -2.43. The van der Waals surface area contributed by atoms with Crippen LogP contribution in [0.25, 0.3) is 5.69 Å². The number of pyridine rings is 1. The van der Waals surface area contributed by atoms with Gasteiger partial charge in [-0.05, 0) is 39.0 Å². The molecule has 1 N–H and O–H groups in total.